The Bertz CT molecular complexity index is 918. The number of nitrogens with one attached hydrogen (secondary N) is 2. The quantitative estimate of drug-likeness (QED) is 0.592. The molecule has 9 heteroatoms. The highest BCUT2D eigenvalue weighted by molar-refractivity contribution is 5.96. The van der Waals surface area contributed by atoms with E-state index in [4.69, 9.17) is 19.9 Å². The van der Waals surface area contributed by atoms with E-state index < -0.39 is 30.1 Å². The summed E-state index contributed by atoms with van der Waals surface area (Å²) in [6.45, 7) is 2.33. The van der Waals surface area contributed by atoms with Crippen molar-refractivity contribution in [2.45, 2.75) is 25.5 Å². The van der Waals surface area contributed by atoms with Crippen LogP contribution in [-0.4, -0.2) is 43.3 Å². The SMILES string of the molecule is C[C@H](OC(=O)[C@H](Cc1ccccc1)NC(N)=O)C(=O)Nc1ccc2c(c1)OCCO2. The molecule has 3 amide bonds. The molecule has 9 nitrogen and oxygen atoms in total. The first-order valence-corrected chi connectivity index (χ1v) is 9.43. The first kappa shape index (κ1) is 21.0. The van der Waals surface area contributed by atoms with Gasteiger partial charge >= 0.3 is 12.0 Å². The summed E-state index contributed by atoms with van der Waals surface area (Å²) in [5, 5.41) is 5.02. The predicted octanol–water partition coefficient (Wildman–Crippen LogP) is 1.61. The van der Waals surface area contributed by atoms with Gasteiger partial charge in [0.25, 0.3) is 5.91 Å². The zero-order valence-electron chi connectivity index (χ0n) is 16.4. The Kier molecular flexibility index (Phi) is 6.74. The maximum absolute atomic E-state index is 12.5. The molecule has 0 fully saturated rings. The van der Waals surface area contributed by atoms with Crippen LogP contribution in [-0.2, 0) is 20.7 Å². The second-order valence-corrected chi connectivity index (χ2v) is 6.68. The highest BCUT2D eigenvalue weighted by atomic mass is 16.6. The molecule has 1 aliphatic heterocycles. The standard InChI is InChI=1S/C21H23N3O6/c1-13(19(25)23-15-7-8-17-18(12-15)29-10-9-28-17)30-20(26)16(24-21(22)27)11-14-5-3-2-4-6-14/h2-8,12-13,16H,9-11H2,1H3,(H,23,25)(H3,22,24,27)/t13-,16-/m0/s1. The molecule has 2 atom stereocenters. The van der Waals surface area contributed by atoms with Gasteiger partial charge in [0, 0.05) is 18.2 Å². The molecule has 158 valence electrons. The Morgan fingerprint density at radius 3 is 2.47 bits per heavy atom. The first-order chi connectivity index (χ1) is 14.4. The minimum absolute atomic E-state index is 0.180. The van der Waals surface area contributed by atoms with Gasteiger partial charge in [-0.05, 0) is 24.6 Å². The summed E-state index contributed by atoms with van der Waals surface area (Å²) in [5.41, 5.74) is 6.46. The molecule has 0 saturated heterocycles. The Morgan fingerprint density at radius 1 is 1.07 bits per heavy atom. The molecule has 0 radical (unpaired) electrons. The van der Waals surface area contributed by atoms with Crippen molar-refractivity contribution in [3.8, 4) is 11.5 Å². The molecule has 0 saturated carbocycles. The second-order valence-electron chi connectivity index (χ2n) is 6.68. The minimum atomic E-state index is -1.10. The van der Waals surface area contributed by atoms with Crippen LogP contribution in [0, 0.1) is 0 Å². The fraction of sp³-hybridized carbons (Fsp3) is 0.286. The number of amides is 3. The van der Waals surface area contributed by atoms with E-state index in [0.29, 0.717) is 30.4 Å². The van der Waals surface area contributed by atoms with Crippen molar-refractivity contribution >= 4 is 23.6 Å². The largest absolute Gasteiger partial charge is 0.486 e. The van der Waals surface area contributed by atoms with Crippen molar-refractivity contribution < 1.29 is 28.6 Å². The number of hydrogen-bond acceptors (Lipinski definition) is 6. The molecule has 3 rings (SSSR count). The summed E-state index contributed by atoms with van der Waals surface area (Å²) in [5.74, 6) is -0.169. The van der Waals surface area contributed by atoms with Gasteiger partial charge in [-0.25, -0.2) is 9.59 Å². The van der Waals surface area contributed by atoms with Gasteiger partial charge in [0.1, 0.15) is 19.3 Å². The third-order valence-corrected chi connectivity index (χ3v) is 4.36. The third kappa shape index (κ3) is 5.63. The van der Waals surface area contributed by atoms with Crippen LogP contribution in [0.5, 0.6) is 11.5 Å². The van der Waals surface area contributed by atoms with Crippen molar-refractivity contribution in [3.63, 3.8) is 0 Å². The monoisotopic (exact) mass is 413 g/mol. The van der Waals surface area contributed by atoms with Crippen molar-refractivity contribution in [1.82, 2.24) is 5.32 Å². The van der Waals surface area contributed by atoms with Gasteiger partial charge in [-0.2, -0.15) is 0 Å². The number of rotatable bonds is 7. The van der Waals surface area contributed by atoms with Gasteiger partial charge in [-0.3, -0.25) is 4.79 Å². The smallest absolute Gasteiger partial charge is 0.329 e. The summed E-state index contributed by atoms with van der Waals surface area (Å²) < 4.78 is 16.2. The zero-order chi connectivity index (χ0) is 21.5. The number of carbonyl (C=O) groups is 3. The molecule has 30 heavy (non-hydrogen) atoms. The lowest BCUT2D eigenvalue weighted by atomic mass is 10.1. The number of carbonyl (C=O) groups excluding carboxylic acids is 3. The maximum Gasteiger partial charge on any atom is 0.329 e. The van der Waals surface area contributed by atoms with Gasteiger partial charge in [0.2, 0.25) is 0 Å². The van der Waals surface area contributed by atoms with E-state index in [9.17, 15) is 14.4 Å². The number of nitrogens with two attached hydrogens (primary N) is 1. The second kappa shape index (κ2) is 9.64. The topological polar surface area (TPSA) is 129 Å². The molecule has 4 N–H and O–H groups in total. The van der Waals surface area contributed by atoms with E-state index in [1.807, 2.05) is 18.2 Å². The van der Waals surface area contributed by atoms with E-state index in [0.717, 1.165) is 5.56 Å². The number of primary amides is 1. The van der Waals surface area contributed by atoms with Crippen LogP contribution < -0.4 is 25.8 Å². The molecule has 2 aromatic carbocycles. The predicted molar refractivity (Wildman–Crippen MR) is 108 cm³/mol. The summed E-state index contributed by atoms with van der Waals surface area (Å²) in [6.07, 6.45) is -0.919. The van der Waals surface area contributed by atoms with E-state index in [2.05, 4.69) is 10.6 Å². The average Bonchev–Trinajstić information content (AvgIpc) is 2.73. The number of urea groups is 1. The highest BCUT2D eigenvalue weighted by Crippen LogP contribution is 2.32. The molecular formula is C21H23N3O6. The lowest BCUT2D eigenvalue weighted by Gasteiger charge is -2.21. The molecular weight excluding hydrogens is 390 g/mol. The summed E-state index contributed by atoms with van der Waals surface area (Å²) in [4.78, 5) is 36.3. The van der Waals surface area contributed by atoms with Crippen LogP contribution in [0.2, 0.25) is 0 Å². The fourth-order valence-corrected chi connectivity index (χ4v) is 2.89. The van der Waals surface area contributed by atoms with Gasteiger partial charge in [0.15, 0.2) is 17.6 Å². The molecule has 1 heterocycles. The number of esters is 1. The Balaban J connectivity index is 1.60. The van der Waals surface area contributed by atoms with Crippen LogP contribution in [0.3, 0.4) is 0 Å². The van der Waals surface area contributed by atoms with Crippen LogP contribution in [0.4, 0.5) is 10.5 Å². The van der Waals surface area contributed by atoms with Crippen LogP contribution in [0.15, 0.2) is 48.5 Å². The molecule has 2 aromatic rings. The lowest BCUT2D eigenvalue weighted by molar-refractivity contribution is -0.155. The lowest BCUT2D eigenvalue weighted by Crippen LogP contribution is -2.47. The van der Waals surface area contributed by atoms with E-state index in [1.165, 1.54) is 6.92 Å². The van der Waals surface area contributed by atoms with Crippen molar-refractivity contribution in [3.05, 3.63) is 54.1 Å². The Morgan fingerprint density at radius 2 is 1.77 bits per heavy atom. The van der Waals surface area contributed by atoms with Gasteiger partial charge in [-0.15, -0.1) is 0 Å². The Hall–Kier alpha value is -3.75. The molecule has 0 spiro atoms. The van der Waals surface area contributed by atoms with E-state index >= 15 is 0 Å². The Labute approximate surface area is 173 Å². The van der Waals surface area contributed by atoms with Crippen LogP contribution in [0.25, 0.3) is 0 Å². The molecule has 0 bridgehead atoms. The number of benzene rings is 2. The van der Waals surface area contributed by atoms with Crippen molar-refractivity contribution in [2.75, 3.05) is 18.5 Å². The molecule has 0 unspecified atom stereocenters. The van der Waals surface area contributed by atoms with Crippen LogP contribution >= 0.6 is 0 Å². The normalized spacial score (nSPS) is 14.2. The summed E-state index contributed by atoms with van der Waals surface area (Å²) in [7, 11) is 0. The molecule has 1 aliphatic rings. The number of ether oxygens (including phenoxy) is 3. The average molecular weight is 413 g/mol. The first-order valence-electron chi connectivity index (χ1n) is 9.43. The highest BCUT2D eigenvalue weighted by Gasteiger charge is 2.26. The maximum atomic E-state index is 12.5. The number of hydrogen-bond donors (Lipinski definition) is 3. The van der Waals surface area contributed by atoms with Crippen LogP contribution in [0.1, 0.15) is 12.5 Å². The summed E-state index contributed by atoms with van der Waals surface area (Å²) in [6, 6.07) is 12.2. The minimum Gasteiger partial charge on any atom is -0.486 e. The summed E-state index contributed by atoms with van der Waals surface area (Å²) >= 11 is 0. The van der Waals surface area contributed by atoms with Gasteiger partial charge in [-0.1, -0.05) is 30.3 Å². The molecule has 0 aromatic heterocycles. The third-order valence-electron chi connectivity index (χ3n) is 4.36. The fourth-order valence-electron chi connectivity index (χ4n) is 2.89. The van der Waals surface area contributed by atoms with Gasteiger partial charge in [0.05, 0.1) is 0 Å². The molecule has 0 aliphatic carbocycles. The van der Waals surface area contributed by atoms with E-state index in [-0.39, 0.29) is 6.42 Å². The zero-order valence-corrected chi connectivity index (χ0v) is 16.4. The number of fused-ring (bicyclic) bond motifs is 1. The van der Waals surface area contributed by atoms with Gasteiger partial charge < -0.3 is 30.6 Å². The van der Waals surface area contributed by atoms with Crippen molar-refractivity contribution in [2.24, 2.45) is 5.73 Å². The van der Waals surface area contributed by atoms with E-state index in [1.54, 1.807) is 30.3 Å². The number of anilines is 1. The van der Waals surface area contributed by atoms with Crippen molar-refractivity contribution in [1.29, 1.82) is 0 Å².